The molecule has 166 valence electrons. The van der Waals surface area contributed by atoms with Crippen molar-refractivity contribution in [2.24, 2.45) is 0 Å². The quantitative estimate of drug-likeness (QED) is 0.397. The normalized spacial score (nSPS) is 15.9. The summed E-state index contributed by atoms with van der Waals surface area (Å²) in [5, 5.41) is 15.6. The number of hydrogen-bond acceptors (Lipinski definition) is 5. The predicted molar refractivity (Wildman–Crippen MR) is 118 cm³/mol. The molecule has 0 radical (unpaired) electrons. The minimum atomic E-state index is -1.26. The van der Waals surface area contributed by atoms with Crippen LogP contribution in [0.25, 0.3) is 0 Å². The van der Waals surface area contributed by atoms with Crippen molar-refractivity contribution < 1.29 is 29.3 Å². The van der Waals surface area contributed by atoms with E-state index >= 15 is 0 Å². The number of hydrogen-bond donors (Lipinski definition) is 2. The number of carbonyl (C=O) groups is 2. The fraction of sp³-hybridized carbons (Fsp3) is 0.304. The van der Waals surface area contributed by atoms with E-state index in [1.165, 1.54) is 11.1 Å². The van der Waals surface area contributed by atoms with E-state index in [-0.39, 0.29) is 5.50 Å². The SMILES string of the molecule is COc1ccc(COc2cccc3c2CC(Cl)N(C)CC3)cc1.O=C(O)/C=C\C(=O)O. The van der Waals surface area contributed by atoms with E-state index in [1.54, 1.807) is 7.11 Å². The molecule has 7 nitrogen and oxygen atoms in total. The molecule has 1 unspecified atom stereocenters. The number of carboxylic acid groups (broad SMARTS) is 2. The Hall–Kier alpha value is -3.03. The maximum absolute atomic E-state index is 9.55. The van der Waals surface area contributed by atoms with Gasteiger partial charge >= 0.3 is 11.9 Å². The Morgan fingerprint density at radius 1 is 1.13 bits per heavy atom. The molecular weight excluding hydrogens is 422 g/mol. The molecule has 2 N–H and O–H groups in total. The Morgan fingerprint density at radius 2 is 1.77 bits per heavy atom. The molecule has 2 aromatic carbocycles. The Morgan fingerprint density at radius 3 is 2.35 bits per heavy atom. The van der Waals surface area contributed by atoms with Gasteiger partial charge < -0.3 is 19.7 Å². The van der Waals surface area contributed by atoms with E-state index in [4.69, 9.17) is 31.3 Å². The van der Waals surface area contributed by atoms with Gasteiger partial charge in [0.2, 0.25) is 0 Å². The molecule has 0 fully saturated rings. The first-order chi connectivity index (χ1) is 14.8. The molecule has 3 rings (SSSR count). The van der Waals surface area contributed by atoms with Crippen molar-refractivity contribution in [2.75, 3.05) is 20.7 Å². The van der Waals surface area contributed by atoms with E-state index in [1.807, 2.05) is 30.3 Å². The van der Waals surface area contributed by atoms with Crippen LogP contribution in [0.4, 0.5) is 0 Å². The van der Waals surface area contributed by atoms with Crippen molar-refractivity contribution in [1.82, 2.24) is 4.90 Å². The van der Waals surface area contributed by atoms with Crippen LogP contribution in [-0.4, -0.2) is 53.3 Å². The summed E-state index contributed by atoms with van der Waals surface area (Å²) in [6, 6.07) is 14.2. The first-order valence-corrected chi connectivity index (χ1v) is 10.1. The number of fused-ring (bicyclic) bond motifs is 1. The zero-order chi connectivity index (χ0) is 22.8. The number of benzene rings is 2. The highest BCUT2D eigenvalue weighted by molar-refractivity contribution is 6.20. The van der Waals surface area contributed by atoms with Gasteiger partial charge in [-0.2, -0.15) is 0 Å². The Labute approximate surface area is 186 Å². The number of rotatable bonds is 6. The molecule has 2 aromatic rings. The maximum Gasteiger partial charge on any atom is 0.328 e. The van der Waals surface area contributed by atoms with E-state index < -0.39 is 11.9 Å². The van der Waals surface area contributed by atoms with E-state index in [2.05, 4.69) is 24.1 Å². The van der Waals surface area contributed by atoms with E-state index in [0.29, 0.717) is 18.8 Å². The minimum Gasteiger partial charge on any atom is -0.497 e. The molecule has 0 saturated carbocycles. The van der Waals surface area contributed by atoms with Gasteiger partial charge in [-0.3, -0.25) is 4.90 Å². The Bertz CT molecular complexity index is 897. The first kappa shape index (κ1) is 24.2. The van der Waals surface area contributed by atoms with Crippen LogP contribution in [0.2, 0.25) is 0 Å². The number of likely N-dealkylation sites (N-methyl/N-ethyl adjacent to an activating group) is 1. The fourth-order valence-electron chi connectivity index (χ4n) is 3.00. The topological polar surface area (TPSA) is 96.3 Å². The monoisotopic (exact) mass is 447 g/mol. The van der Waals surface area contributed by atoms with Crippen LogP contribution < -0.4 is 9.47 Å². The van der Waals surface area contributed by atoms with Gasteiger partial charge in [0.25, 0.3) is 0 Å². The smallest absolute Gasteiger partial charge is 0.328 e. The fourth-order valence-corrected chi connectivity index (χ4v) is 3.25. The van der Waals surface area contributed by atoms with Gasteiger partial charge in [-0.1, -0.05) is 24.3 Å². The highest BCUT2D eigenvalue weighted by atomic mass is 35.5. The number of aliphatic carboxylic acids is 2. The third-order valence-electron chi connectivity index (χ3n) is 4.74. The Kier molecular flexibility index (Phi) is 9.37. The van der Waals surface area contributed by atoms with Gasteiger partial charge in [0, 0.05) is 30.7 Å². The van der Waals surface area contributed by atoms with Crippen LogP contribution in [0, 0.1) is 0 Å². The van der Waals surface area contributed by atoms with Crippen molar-refractivity contribution in [3.8, 4) is 11.5 Å². The van der Waals surface area contributed by atoms with Gasteiger partial charge in [-0.15, -0.1) is 11.6 Å². The third kappa shape index (κ3) is 7.96. The van der Waals surface area contributed by atoms with Crippen molar-refractivity contribution in [3.05, 3.63) is 71.3 Å². The molecule has 1 heterocycles. The lowest BCUT2D eigenvalue weighted by atomic mass is 10.0. The molecule has 31 heavy (non-hydrogen) atoms. The van der Waals surface area contributed by atoms with Crippen LogP contribution in [0.15, 0.2) is 54.6 Å². The number of nitrogens with zero attached hydrogens (tertiary/aromatic N) is 1. The molecule has 1 aliphatic rings. The summed E-state index contributed by atoms with van der Waals surface area (Å²) < 4.78 is 11.3. The van der Waals surface area contributed by atoms with E-state index in [0.717, 1.165) is 36.4 Å². The summed E-state index contributed by atoms with van der Waals surface area (Å²) in [5.74, 6) is -0.714. The lowest BCUT2D eigenvalue weighted by Crippen LogP contribution is -2.28. The molecule has 0 aromatic heterocycles. The van der Waals surface area contributed by atoms with Crippen LogP contribution in [0.1, 0.15) is 16.7 Å². The number of methoxy groups -OCH3 is 1. The van der Waals surface area contributed by atoms with Crippen LogP contribution in [0.5, 0.6) is 11.5 Å². The van der Waals surface area contributed by atoms with Crippen LogP contribution in [0.3, 0.4) is 0 Å². The predicted octanol–water partition coefficient (Wildman–Crippen LogP) is 3.58. The summed E-state index contributed by atoms with van der Waals surface area (Å²) in [5.41, 5.74) is 3.72. The number of alkyl halides is 1. The second-order valence-corrected chi connectivity index (χ2v) is 7.41. The molecule has 8 heteroatoms. The number of halogens is 1. The summed E-state index contributed by atoms with van der Waals surface area (Å²) in [6.07, 6.45) is 2.94. The van der Waals surface area contributed by atoms with Gasteiger partial charge in [-0.25, -0.2) is 9.59 Å². The molecule has 1 atom stereocenters. The second-order valence-electron chi connectivity index (χ2n) is 6.91. The van der Waals surface area contributed by atoms with Crippen molar-refractivity contribution >= 4 is 23.5 Å². The van der Waals surface area contributed by atoms with Gasteiger partial charge in [0.05, 0.1) is 12.6 Å². The molecular formula is C23H26ClNO6. The molecule has 0 aliphatic carbocycles. The highest BCUT2D eigenvalue weighted by Gasteiger charge is 2.21. The second kappa shape index (κ2) is 12.0. The lowest BCUT2D eigenvalue weighted by molar-refractivity contribution is -0.134. The van der Waals surface area contributed by atoms with Gasteiger partial charge in [-0.05, 0) is 42.8 Å². The minimum absolute atomic E-state index is 0.0157. The van der Waals surface area contributed by atoms with Gasteiger partial charge in [0.1, 0.15) is 18.1 Å². The van der Waals surface area contributed by atoms with Crippen LogP contribution >= 0.6 is 11.6 Å². The first-order valence-electron chi connectivity index (χ1n) is 9.65. The van der Waals surface area contributed by atoms with Crippen molar-refractivity contribution in [2.45, 2.75) is 24.9 Å². The third-order valence-corrected chi connectivity index (χ3v) is 5.22. The van der Waals surface area contributed by atoms with Crippen molar-refractivity contribution in [3.63, 3.8) is 0 Å². The number of ether oxygens (including phenoxy) is 2. The largest absolute Gasteiger partial charge is 0.497 e. The highest BCUT2D eigenvalue weighted by Crippen LogP contribution is 2.29. The molecule has 0 saturated heterocycles. The van der Waals surface area contributed by atoms with Crippen molar-refractivity contribution in [1.29, 1.82) is 0 Å². The average Bonchev–Trinajstić information content (AvgIpc) is 2.90. The molecule has 0 bridgehead atoms. The van der Waals surface area contributed by atoms with E-state index in [9.17, 15) is 9.59 Å². The summed E-state index contributed by atoms with van der Waals surface area (Å²) >= 11 is 6.48. The van der Waals surface area contributed by atoms with Gasteiger partial charge in [0.15, 0.2) is 0 Å². The maximum atomic E-state index is 9.55. The molecule has 1 aliphatic heterocycles. The Balaban J connectivity index is 0.000000366. The molecule has 0 amide bonds. The zero-order valence-corrected chi connectivity index (χ0v) is 18.2. The lowest BCUT2D eigenvalue weighted by Gasteiger charge is -2.19. The van der Waals surface area contributed by atoms with Crippen LogP contribution in [-0.2, 0) is 29.0 Å². The average molecular weight is 448 g/mol. The molecule has 0 spiro atoms. The summed E-state index contributed by atoms with van der Waals surface area (Å²) in [4.78, 5) is 21.3. The standard InChI is InChI=1S/C19H22ClNO2.C4H4O4/c1-21-11-10-15-4-3-5-18(17(15)12-19(21)20)23-13-14-6-8-16(22-2)9-7-14;5-3(6)1-2-4(7)8/h3-9,19H,10-13H2,1-2H3;1-2H,(H,5,6)(H,7,8)/b;2-1-. The zero-order valence-electron chi connectivity index (χ0n) is 17.5. The summed E-state index contributed by atoms with van der Waals surface area (Å²) in [6.45, 7) is 1.52. The number of carboxylic acids is 2. The summed E-state index contributed by atoms with van der Waals surface area (Å²) in [7, 11) is 3.74.